The van der Waals surface area contributed by atoms with Crippen LogP contribution in [0.25, 0.3) is 0 Å². The zero-order valence-electron chi connectivity index (χ0n) is 12.0. The number of nitro groups is 1. The van der Waals surface area contributed by atoms with Crippen LogP contribution in [0.15, 0.2) is 0 Å². The third-order valence-electron chi connectivity index (χ3n) is 3.27. The van der Waals surface area contributed by atoms with Crippen LogP contribution in [-0.4, -0.2) is 27.5 Å². The molecule has 0 bridgehead atoms. The smallest absolute Gasteiger partial charge is 0.372 e. The predicted octanol–water partition coefficient (Wildman–Crippen LogP) is 2.87. The minimum Gasteiger partial charge on any atom is -0.473 e. The van der Waals surface area contributed by atoms with Gasteiger partial charge in [-0.1, -0.05) is 6.92 Å². The summed E-state index contributed by atoms with van der Waals surface area (Å²) in [6.07, 6.45) is 2.92. The van der Waals surface area contributed by atoms with Gasteiger partial charge in [0.05, 0.1) is 11.5 Å². The first-order chi connectivity index (χ1) is 9.56. The van der Waals surface area contributed by atoms with E-state index in [1.54, 1.807) is 6.92 Å². The first-order valence-corrected chi connectivity index (χ1v) is 7.02. The first kappa shape index (κ1) is 14.5. The van der Waals surface area contributed by atoms with Gasteiger partial charge in [0, 0.05) is 12.0 Å². The summed E-state index contributed by atoms with van der Waals surface area (Å²) in [6, 6.07) is 0.102. The molecule has 7 nitrogen and oxygen atoms in total. The van der Waals surface area contributed by atoms with E-state index in [1.165, 1.54) is 0 Å². The summed E-state index contributed by atoms with van der Waals surface area (Å²) < 4.78 is 5.34. The number of nitrogens with zero attached hydrogens (tertiary/aromatic N) is 3. The van der Waals surface area contributed by atoms with E-state index >= 15 is 0 Å². The highest BCUT2D eigenvalue weighted by Gasteiger charge is 2.33. The molecule has 1 aliphatic rings. The normalized spacial score (nSPS) is 15.8. The number of hydrogen-bond acceptors (Lipinski definition) is 6. The molecule has 0 saturated heterocycles. The van der Waals surface area contributed by atoms with Crippen molar-refractivity contribution in [3.8, 4) is 5.88 Å². The molecule has 0 amide bonds. The minimum atomic E-state index is -0.480. The summed E-state index contributed by atoms with van der Waals surface area (Å²) in [4.78, 5) is 19.4. The summed E-state index contributed by atoms with van der Waals surface area (Å²) in [6.45, 7) is 6.09. The van der Waals surface area contributed by atoms with Crippen molar-refractivity contribution >= 4 is 11.5 Å². The molecular formula is C13H20N4O3. The molecule has 20 heavy (non-hydrogen) atoms. The summed E-state index contributed by atoms with van der Waals surface area (Å²) in [5, 5.41) is 14.4. The largest absolute Gasteiger partial charge is 0.473 e. The van der Waals surface area contributed by atoms with Crippen molar-refractivity contribution < 1.29 is 9.66 Å². The molecule has 1 N–H and O–H groups in total. The molecule has 0 aliphatic heterocycles. The van der Waals surface area contributed by atoms with Crippen molar-refractivity contribution in [2.24, 2.45) is 0 Å². The van der Waals surface area contributed by atoms with E-state index in [4.69, 9.17) is 4.74 Å². The first-order valence-electron chi connectivity index (χ1n) is 7.02. The second-order valence-electron chi connectivity index (χ2n) is 5.00. The molecule has 1 unspecified atom stereocenters. The predicted molar refractivity (Wildman–Crippen MR) is 75.2 cm³/mol. The van der Waals surface area contributed by atoms with E-state index in [-0.39, 0.29) is 23.4 Å². The molecule has 1 aromatic heterocycles. The van der Waals surface area contributed by atoms with E-state index in [0.29, 0.717) is 18.3 Å². The molecular weight excluding hydrogens is 260 g/mol. The fraction of sp³-hybridized carbons (Fsp3) is 0.692. The van der Waals surface area contributed by atoms with E-state index in [1.807, 2.05) is 13.8 Å². The molecule has 1 fully saturated rings. The third kappa shape index (κ3) is 3.15. The standard InChI is InChI=1S/C13H20N4O3/c1-4-8(3)14-12-10(17(18)19)13(20-5-2)16-11(15-12)9-6-7-9/h8-9H,4-7H2,1-3H3,(H,14,15,16). The second-order valence-corrected chi connectivity index (χ2v) is 5.00. The third-order valence-corrected chi connectivity index (χ3v) is 3.27. The number of rotatable bonds is 7. The van der Waals surface area contributed by atoms with Crippen LogP contribution in [0.5, 0.6) is 5.88 Å². The maximum absolute atomic E-state index is 11.3. The lowest BCUT2D eigenvalue weighted by molar-refractivity contribution is -0.385. The zero-order chi connectivity index (χ0) is 14.7. The van der Waals surface area contributed by atoms with E-state index in [2.05, 4.69) is 15.3 Å². The van der Waals surface area contributed by atoms with Gasteiger partial charge in [-0.05, 0) is 33.1 Å². The maximum atomic E-state index is 11.3. The van der Waals surface area contributed by atoms with E-state index in [9.17, 15) is 10.1 Å². The summed E-state index contributed by atoms with van der Waals surface area (Å²) in [7, 11) is 0. The summed E-state index contributed by atoms with van der Waals surface area (Å²) in [5.74, 6) is 1.29. The van der Waals surface area contributed by atoms with Gasteiger partial charge in [-0.15, -0.1) is 0 Å². The van der Waals surface area contributed by atoms with Crippen molar-refractivity contribution in [2.75, 3.05) is 11.9 Å². The van der Waals surface area contributed by atoms with Crippen molar-refractivity contribution in [1.82, 2.24) is 9.97 Å². The topological polar surface area (TPSA) is 90.2 Å². The van der Waals surface area contributed by atoms with Gasteiger partial charge in [0.1, 0.15) is 5.82 Å². The van der Waals surface area contributed by atoms with Crippen LogP contribution < -0.4 is 10.1 Å². The van der Waals surface area contributed by atoms with Gasteiger partial charge in [0.15, 0.2) is 0 Å². The average molecular weight is 280 g/mol. The maximum Gasteiger partial charge on any atom is 0.372 e. The molecule has 7 heteroatoms. The number of ether oxygens (including phenoxy) is 1. The summed E-state index contributed by atoms with van der Waals surface area (Å²) in [5.41, 5.74) is -0.170. The molecule has 1 atom stereocenters. The fourth-order valence-electron chi connectivity index (χ4n) is 1.81. The highest BCUT2D eigenvalue weighted by Crippen LogP contribution is 2.42. The number of nitrogens with one attached hydrogen (secondary N) is 1. The molecule has 0 aromatic carbocycles. The van der Waals surface area contributed by atoms with Crippen LogP contribution in [-0.2, 0) is 0 Å². The molecule has 0 radical (unpaired) electrons. The molecule has 2 rings (SSSR count). The van der Waals surface area contributed by atoms with Gasteiger partial charge in [0.25, 0.3) is 5.88 Å². The highest BCUT2D eigenvalue weighted by molar-refractivity contribution is 5.62. The zero-order valence-corrected chi connectivity index (χ0v) is 12.0. The van der Waals surface area contributed by atoms with Crippen molar-refractivity contribution in [2.45, 2.75) is 52.0 Å². The molecule has 1 aliphatic carbocycles. The summed E-state index contributed by atoms with van der Waals surface area (Å²) >= 11 is 0. The van der Waals surface area contributed by atoms with Gasteiger partial charge in [0.2, 0.25) is 5.82 Å². The number of anilines is 1. The van der Waals surface area contributed by atoms with Gasteiger partial charge < -0.3 is 10.1 Å². The quantitative estimate of drug-likeness (QED) is 0.610. The minimum absolute atomic E-state index is 0.0696. The molecule has 1 aromatic rings. The molecule has 1 heterocycles. The Morgan fingerprint density at radius 1 is 1.45 bits per heavy atom. The lowest BCUT2D eigenvalue weighted by Crippen LogP contribution is -2.17. The molecule has 0 spiro atoms. The van der Waals surface area contributed by atoms with Crippen molar-refractivity contribution in [1.29, 1.82) is 0 Å². The van der Waals surface area contributed by atoms with Crippen LogP contribution >= 0.6 is 0 Å². The lowest BCUT2D eigenvalue weighted by Gasteiger charge is -2.14. The highest BCUT2D eigenvalue weighted by atomic mass is 16.6. The van der Waals surface area contributed by atoms with Gasteiger partial charge in [-0.25, -0.2) is 4.98 Å². The van der Waals surface area contributed by atoms with Crippen LogP contribution in [0.1, 0.15) is 51.8 Å². The number of hydrogen-bond donors (Lipinski definition) is 1. The van der Waals surface area contributed by atoms with Crippen LogP contribution in [0.2, 0.25) is 0 Å². The Balaban J connectivity index is 2.45. The van der Waals surface area contributed by atoms with Crippen LogP contribution in [0, 0.1) is 10.1 Å². The van der Waals surface area contributed by atoms with Crippen LogP contribution in [0.3, 0.4) is 0 Å². The van der Waals surface area contributed by atoms with Crippen molar-refractivity contribution in [3.63, 3.8) is 0 Å². The Kier molecular flexibility index (Phi) is 4.36. The van der Waals surface area contributed by atoms with Gasteiger partial charge in [-0.2, -0.15) is 4.98 Å². The fourth-order valence-corrected chi connectivity index (χ4v) is 1.81. The Labute approximate surface area is 117 Å². The van der Waals surface area contributed by atoms with Gasteiger partial charge >= 0.3 is 5.69 Å². The van der Waals surface area contributed by atoms with Crippen LogP contribution in [0.4, 0.5) is 11.5 Å². The Morgan fingerprint density at radius 3 is 2.65 bits per heavy atom. The van der Waals surface area contributed by atoms with Crippen molar-refractivity contribution in [3.05, 3.63) is 15.9 Å². The van der Waals surface area contributed by atoms with E-state index < -0.39 is 4.92 Å². The monoisotopic (exact) mass is 280 g/mol. The van der Waals surface area contributed by atoms with E-state index in [0.717, 1.165) is 19.3 Å². The van der Waals surface area contributed by atoms with Gasteiger partial charge in [-0.3, -0.25) is 10.1 Å². The number of aromatic nitrogens is 2. The molecule has 110 valence electrons. The second kappa shape index (κ2) is 6.02. The molecule has 1 saturated carbocycles. The average Bonchev–Trinajstić information content (AvgIpc) is 3.22. The Hall–Kier alpha value is -1.92. The SMILES string of the molecule is CCOc1nc(C2CC2)nc(NC(C)CC)c1[N+](=O)[O-]. The Bertz CT molecular complexity index is 503. The Morgan fingerprint density at radius 2 is 2.15 bits per heavy atom. The lowest BCUT2D eigenvalue weighted by atomic mass is 10.2.